The molecular formula is C12H24N2S. The van der Waals surface area contributed by atoms with E-state index in [1.54, 1.807) is 0 Å². The highest BCUT2D eigenvalue weighted by molar-refractivity contribution is 7.98. The molecule has 0 saturated carbocycles. The molecule has 2 aliphatic rings. The van der Waals surface area contributed by atoms with E-state index < -0.39 is 0 Å². The van der Waals surface area contributed by atoms with Crippen LogP contribution in [-0.2, 0) is 0 Å². The summed E-state index contributed by atoms with van der Waals surface area (Å²) in [6, 6.07) is 1.64. The van der Waals surface area contributed by atoms with Gasteiger partial charge in [-0.05, 0) is 45.0 Å². The lowest BCUT2D eigenvalue weighted by atomic mass is 9.95. The second kappa shape index (κ2) is 6.12. The van der Waals surface area contributed by atoms with Crippen LogP contribution in [0.5, 0.6) is 0 Å². The minimum absolute atomic E-state index is 0.798. The van der Waals surface area contributed by atoms with E-state index in [1.165, 1.54) is 57.5 Å². The van der Waals surface area contributed by atoms with Crippen LogP contribution in [0.2, 0.25) is 0 Å². The van der Waals surface area contributed by atoms with Crippen LogP contribution in [0.1, 0.15) is 32.1 Å². The van der Waals surface area contributed by atoms with Crippen molar-refractivity contribution in [3.8, 4) is 0 Å². The number of nitrogens with zero attached hydrogens (tertiary/aromatic N) is 1. The Morgan fingerprint density at radius 3 is 2.93 bits per heavy atom. The molecule has 2 rings (SSSR count). The zero-order chi connectivity index (χ0) is 10.5. The Kier molecular flexibility index (Phi) is 4.79. The summed E-state index contributed by atoms with van der Waals surface area (Å²) in [6.07, 6.45) is 9.28. The third kappa shape index (κ3) is 3.11. The van der Waals surface area contributed by atoms with Crippen molar-refractivity contribution >= 4 is 11.8 Å². The molecule has 0 aromatic heterocycles. The van der Waals surface area contributed by atoms with Gasteiger partial charge in [0.05, 0.1) is 0 Å². The van der Waals surface area contributed by atoms with Gasteiger partial charge in [-0.2, -0.15) is 11.8 Å². The highest BCUT2D eigenvalue weighted by Crippen LogP contribution is 2.24. The molecule has 2 nitrogen and oxygen atoms in total. The second-order valence-electron chi connectivity index (χ2n) is 4.79. The summed E-state index contributed by atoms with van der Waals surface area (Å²) in [5, 5.41) is 3.68. The highest BCUT2D eigenvalue weighted by atomic mass is 32.2. The van der Waals surface area contributed by atoms with Crippen molar-refractivity contribution < 1.29 is 0 Å². The van der Waals surface area contributed by atoms with Crippen molar-refractivity contribution in [2.24, 2.45) is 0 Å². The average molecular weight is 228 g/mol. The Morgan fingerprint density at radius 1 is 1.27 bits per heavy atom. The Morgan fingerprint density at radius 2 is 2.20 bits per heavy atom. The first-order valence-corrected chi connectivity index (χ1v) is 7.77. The van der Waals surface area contributed by atoms with Gasteiger partial charge in [-0.1, -0.05) is 6.42 Å². The van der Waals surface area contributed by atoms with Crippen LogP contribution in [0.25, 0.3) is 0 Å². The number of hydrogen-bond donors (Lipinski definition) is 1. The normalized spacial score (nSPS) is 33.4. The van der Waals surface area contributed by atoms with Crippen LogP contribution in [0.4, 0.5) is 0 Å². The molecule has 88 valence electrons. The van der Waals surface area contributed by atoms with Gasteiger partial charge >= 0.3 is 0 Å². The number of piperidine rings is 1. The maximum atomic E-state index is 3.68. The Balaban J connectivity index is 1.86. The minimum atomic E-state index is 0.798. The van der Waals surface area contributed by atoms with Crippen LogP contribution >= 0.6 is 11.8 Å². The predicted octanol–water partition coefficient (Wildman–Crippen LogP) is 1.96. The molecule has 15 heavy (non-hydrogen) atoms. The Bertz CT molecular complexity index is 180. The van der Waals surface area contributed by atoms with Crippen molar-refractivity contribution in [2.45, 2.75) is 44.2 Å². The van der Waals surface area contributed by atoms with Gasteiger partial charge in [-0.25, -0.2) is 0 Å². The van der Waals surface area contributed by atoms with Crippen molar-refractivity contribution in [1.82, 2.24) is 10.2 Å². The van der Waals surface area contributed by atoms with Crippen molar-refractivity contribution in [3.05, 3.63) is 0 Å². The third-order valence-electron chi connectivity index (χ3n) is 3.81. The van der Waals surface area contributed by atoms with E-state index in [9.17, 15) is 0 Å². The third-order valence-corrected chi connectivity index (χ3v) is 4.40. The van der Waals surface area contributed by atoms with Gasteiger partial charge in [-0.15, -0.1) is 0 Å². The lowest BCUT2D eigenvalue weighted by Crippen LogP contribution is -2.50. The lowest BCUT2D eigenvalue weighted by molar-refractivity contribution is 0.128. The van der Waals surface area contributed by atoms with E-state index >= 15 is 0 Å². The molecule has 0 bridgehead atoms. The molecule has 2 aliphatic heterocycles. The molecule has 3 heteroatoms. The summed E-state index contributed by atoms with van der Waals surface area (Å²) in [6.45, 7) is 3.88. The number of hydrogen-bond acceptors (Lipinski definition) is 3. The Labute approximate surface area is 98.2 Å². The van der Waals surface area contributed by atoms with Crippen LogP contribution in [0.15, 0.2) is 0 Å². The largest absolute Gasteiger partial charge is 0.312 e. The van der Waals surface area contributed by atoms with Crippen molar-refractivity contribution in [2.75, 3.05) is 31.6 Å². The predicted molar refractivity (Wildman–Crippen MR) is 68.6 cm³/mol. The SMILES string of the molecule is CSCCN1CCCCC1C1CCCN1. The summed E-state index contributed by atoms with van der Waals surface area (Å²) in [5.41, 5.74) is 0. The molecule has 0 spiro atoms. The molecule has 0 amide bonds. The number of nitrogens with one attached hydrogen (secondary N) is 1. The molecule has 0 aromatic rings. The molecule has 1 N–H and O–H groups in total. The highest BCUT2D eigenvalue weighted by Gasteiger charge is 2.30. The topological polar surface area (TPSA) is 15.3 Å². The minimum Gasteiger partial charge on any atom is -0.312 e. The monoisotopic (exact) mass is 228 g/mol. The summed E-state index contributed by atoms with van der Waals surface area (Å²) >= 11 is 1.98. The molecule has 2 atom stereocenters. The van der Waals surface area contributed by atoms with E-state index in [0.29, 0.717) is 0 Å². The smallest absolute Gasteiger partial charge is 0.0249 e. The van der Waals surface area contributed by atoms with Crippen molar-refractivity contribution in [3.63, 3.8) is 0 Å². The molecule has 2 fully saturated rings. The van der Waals surface area contributed by atoms with Gasteiger partial charge < -0.3 is 5.32 Å². The zero-order valence-electron chi connectivity index (χ0n) is 9.87. The molecular weight excluding hydrogens is 204 g/mol. The van der Waals surface area contributed by atoms with Gasteiger partial charge in [0, 0.05) is 24.4 Å². The standard InChI is InChI=1S/C12H24N2S/c1-15-10-9-14-8-3-2-6-12(14)11-5-4-7-13-11/h11-13H,2-10H2,1H3. The number of thioether (sulfide) groups is 1. The number of rotatable bonds is 4. The van der Waals surface area contributed by atoms with Crippen LogP contribution in [0.3, 0.4) is 0 Å². The van der Waals surface area contributed by atoms with E-state index in [-0.39, 0.29) is 0 Å². The van der Waals surface area contributed by atoms with E-state index in [4.69, 9.17) is 0 Å². The van der Waals surface area contributed by atoms with E-state index in [2.05, 4.69) is 16.5 Å². The molecule has 0 aromatic carbocycles. The fourth-order valence-electron chi connectivity index (χ4n) is 3.00. The summed E-state index contributed by atoms with van der Waals surface area (Å²) in [5.74, 6) is 1.29. The van der Waals surface area contributed by atoms with Crippen molar-refractivity contribution in [1.29, 1.82) is 0 Å². The Hall–Kier alpha value is 0.270. The van der Waals surface area contributed by atoms with Gasteiger partial charge in [0.15, 0.2) is 0 Å². The first-order chi connectivity index (χ1) is 7.42. The molecule has 2 heterocycles. The zero-order valence-corrected chi connectivity index (χ0v) is 10.7. The summed E-state index contributed by atoms with van der Waals surface area (Å²) in [4.78, 5) is 2.74. The van der Waals surface area contributed by atoms with Gasteiger partial charge in [-0.3, -0.25) is 4.90 Å². The first-order valence-electron chi connectivity index (χ1n) is 6.38. The number of likely N-dealkylation sites (tertiary alicyclic amines) is 1. The van der Waals surface area contributed by atoms with Crippen LogP contribution < -0.4 is 5.32 Å². The van der Waals surface area contributed by atoms with Crippen LogP contribution in [0, 0.1) is 0 Å². The second-order valence-corrected chi connectivity index (χ2v) is 5.78. The van der Waals surface area contributed by atoms with Crippen LogP contribution in [-0.4, -0.2) is 48.6 Å². The average Bonchev–Trinajstić information content (AvgIpc) is 2.80. The molecule has 2 saturated heterocycles. The fraction of sp³-hybridized carbons (Fsp3) is 1.00. The maximum absolute atomic E-state index is 3.68. The quantitative estimate of drug-likeness (QED) is 0.792. The van der Waals surface area contributed by atoms with Gasteiger partial charge in [0.2, 0.25) is 0 Å². The first kappa shape index (κ1) is 11.7. The molecule has 0 aliphatic carbocycles. The summed E-state index contributed by atoms with van der Waals surface area (Å²) < 4.78 is 0. The van der Waals surface area contributed by atoms with E-state index in [1.807, 2.05) is 11.8 Å². The van der Waals surface area contributed by atoms with E-state index in [0.717, 1.165) is 12.1 Å². The molecule has 0 radical (unpaired) electrons. The van der Waals surface area contributed by atoms with Gasteiger partial charge in [0.25, 0.3) is 0 Å². The molecule has 2 unspecified atom stereocenters. The lowest BCUT2D eigenvalue weighted by Gasteiger charge is -2.39. The summed E-state index contributed by atoms with van der Waals surface area (Å²) in [7, 11) is 0. The maximum Gasteiger partial charge on any atom is 0.0249 e. The van der Waals surface area contributed by atoms with Gasteiger partial charge in [0.1, 0.15) is 0 Å². The fourth-order valence-corrected chi connectivity index (χ4v) is 3.42.